The Bertz CT molecular complexity index is 514. The van der Waals surface area contributed by atoms with E-state index in [1.165, 1.54) is 18.3 Å². The Balaban J connectivity index is 2.82. The first kappa shape index (κ1) is 15.4. The minimum absolute atomic E-state index is 0.107. The van der Waals surface area contributed by atoms with Crippen molar-refractivity contribution in [1.29, 1.82) is 0 Å². The van der Waals surface area contributed by atoms with Crippen LogP contribution < -0.4 is 10.5 Å². The molecule has 3 N–H and O–H groups in total. The third-order valence-electron chi connectivity index (χ3n) is 2.26. The number of nitrogens with zero attached hydrogens (tertiary/aromatic N) is 1. The van der Waals surface area contributed by atoms with Crippen LogP contribution in [-0.4, -0.2) is 36.4 Å². The van der Waals surface area contributed by atoms with Gasteiger partial charge in [0.25, 0.3) is 0 Å². The monoisotopic (exact) mass is 305 g/mol. The summed E-state index contributed by atoms with van der Waals surface area (Å²) in [6, 6.07) is 2.93. The van der Waals surface area contributed by atoms with Crippen LogP contribution in [0.3, 0.4) is 0 Å². The van der Waals surface area contributed by atoms with E-state index in [1.54, 1.807) is 11.8 Å². The highest BCUT2D eigenvalue weighted by molar-refractivity contribution is 7.99. The fourth-order valence-corrected chi connectivity index (χ4v) is 2.63. The fourth-order valence-electron chi connectivity index (χ4n) is 1.08. The van der Waals surface area contributed by atoms with Crippen LogP contribution in [0.2, 0.25) is 0 Å². The molecule has 0 aliphatic carbocycles. The molecule has 0 aliphatic rings. The van der Waals surface area contributed by atoms with Gasteiger partial charge in [-0.15, -0.1) is 0 Å². The SMILES string of the molecule is CSC(C)CNS(=O)(=O)c1ccc(C(N)=S)nc1. The van der Waals surface area contributed by atoms with E-state index in [0.717, 1.165) is 0 Å². The van der Waals surface area contributed by atoms with Crippen molar-refractivity contribution in [2.75, 3.05) is 12.8 Å². The van der Waals surface area contributed by atoms with Crippen molar-refractivity contribution >= 4 is 39.0 Å². The lowest BCUT2D eigenvalue weighted by molar-refractivity contribution is 0.581. The van der Waals surface area contributed by atoms with Gasteiger partial charge in [-0.3, -0.25) is 4.98 Å². The number of nitrogens with two attached hydrogens (primary N) is 1. The molecule has 1 aromatic heterocycles. The molecule has 1 aromatic rings. The fraction of sp³-hybridized carbons (Fsp3) is 0.400. The molecular formula is C10H15N3O2S3. The van der Waals surface area contributed by atoms with Crippen LogP contribution in [0.4, 0.5) is 0 Å². The topological polar surface area (TPSA) is 85.1 Å². The van der Waals surface area contributed by atoms with Crippen molar-refractivity contribution < 1.29 is 8.42 Å². The number of thioether (sulfide) groups is 1. The van der Waals surface area contributed by atoms with E-state index < -0.39 is 10.0 Å². The minimum Gasteiger partial charge on any atom is -0.388 e. The van der Waals surface area contributed by atoms with Crippen LogP contribution in [-0.2, 0) is 10.0 Å². The summed E-state index contributed by atoms with van der Waals surface area (Å²) in [5.41, 5.74) is 5.79. The zero-order valence-corrected chi connectivity index (χ0v) is 12.5. The van der Waals surface area contributed by atoms with Gasteiger partial charge in [0, 0.05) is 18.0 Å². The van der Waals surface area contributed by atoms with E-state index in [0.29, 0.717) is 12.2 Å². The van der Waals surface area contributed by atoms with E-state index in [9.17, 15) is 8.42 Å². The van der Waals surface area contributed by atoms with Crippen LogP contribution in [0.25, 0.3) is 0 Å². The number of hydrogen-bond acceptors (Lipinski definition) is 5. The third-order valence-corrected chi connectivity index (χ3v) is 4.85. The average molecular weight is 305 g/mol. The summed E-state index contributed by atoms with van der Waals surface area (Å²) in [5.74, 6) is 0. The van der Waals surface area contributed by atoms with E-state index in [2.05, 4.69) is 9.71 Å². The molecule has 1 heterocycles. The summed E-state index contributed by atoms with van der Waals surface area (Å²) in [6.45, 7) is 2.32. The summed E-state index contributed by atoms with van der Waals surface area (Å²) in [5, 5.41) is 0.212. The van der Waals surface area contributed by atoms with Gasteiger partial charge in [-0.05, 0) is 18.4 Å². The summed E-state index contributed by atoms with van der Waals surface area (Å²) in [6.07, 6.45) is 3.18. The second-order valence-corrected chi connectivity index (χ2v) is 7.12. The maximum Gasteiger partial charge on any atom is 0.242 e. The molecule has 0 bridgehead atoms. The van der Waals surface area contributed by atoms with Gasteiger partial charge in [0.05, 0.1) is 5.69 Å². The maximum atomic E-state index is 11.9. The molecule has 1 atom stereocenters. The summed E-state index contributed by atoms with van der Waals surface area (Å²) >= 11 is 6.34. The predicted octanol–water partition coefficient (Wildman–Crippen LogP) is 0.746. The maximum absolute atomic E-state index is 11.9. The Morgan fingerprint density at radius 3 is 2.72 bits per heavy atom. The average Bonchev–Trinajstić information content (AvgIpc) is 2.36. The number of aromatic nitrogens is 1. The van der Waals surface area contributed by atoms with Crippen LogP contribution in [0, 0.1) is 0 Å². The van der Waals surface area contributed by atoms with Crippen molar-refractivity contribution in [3.05, 3.63) is 24.0 Å². The summed E-state index contributed by atoms with van der Waals surface area (Å²) in [7, 11) is -3.52. The molecule has 1 rings (SSSR count). The van der Waals surface area contributed by atoms with Crippen molar-refractivity contribution in [3.63, 3.8) is 0 Å². The zero-order valence-electron chi connectivity index (χ0n) is 10.1. The van der Waals surface area contributed by atoms with Crippen molar-refractivity contribution in [2.45, 2.75) is 17.1 Å². The van der Waals surface area contributed by atoms with E-state index >= 15 is 0 Å². The van der Waals surface area contributed by atoms with Crippen molar-refractivity contribution in [2.24, 2.45) is 5.73 Å². The van der Waals surface area contributed by atoms with Crippen LogP contribution in [0.1, 0.15) is 12.6 Å². The molecule has 0 amide bonds. The lowest BCUT2D eigenvalue weighted by Gasteiger charge is -2.10. The molecule has 0 radical (unpaired) electrons. The number of nitrogens with one attached hydrogen (secondary N) is 1. The van der Waals surface area contributed by atoms with E-state index in [1.807, 2.05) is 13.2 Å². The molecule has 100 valence electrons. The number of hydrogen-bond donors (Lipinski definition) is 2. The molecule has 18 heavy (non-hydrogen) atoms. The van der Waals surface area contributed by atoms with E-state index in [-0.39, 0.29) is 15.1 Å². The lowest BCUT2D eigenvalue weighted by Crippen LogP contribution is -2.29. The largest absolute Gasteiger partial charge is 0.388 e. The van der Waals surface area contributed by atoms with Gasteiger partial charge < -0.3 is 5.73 Å². The number of thiocarbonyl (C=S) groups is 1. The smallest absolute Gasteiger partial charge is 0.242 e. The predicted molar refractivity (Wildman–Crippen MR) is 78.3 cm³/mol. The lowest BCUT2D eigenvalue weighted by atomic mass is 10.3. The number of pyridine rings is 1. The Morgan fingerprint density at radius 1 is 1.61 bits per heavy atom. The molecule has 0 spiro atoms. The molecule has 0 fully saturated rings. The Hall–Kier alpha value is -0.700. The Labute approximate surface area is 117 Å². The quantitative estimate of drug-likeness (QED) is 0.754. The number of rotatable bonds is 6. The molecule has 0 aliphatic heterocycles. The van der Waals surface area contributed by atoms with Crippen molar-refractivity contribution in [3.8, 4) is 0 Å². The minimum atomic E-state index is -3.52. The first-order valence-corrected chi connectivity index (χ1v) is 8.33. The van der Waals surface area contributed by atoms with Crippen LogP contribution >= 0.6 is 24.0 Å². The van der Waals surface area contributed by atoms with E-state index in [4.69, 9.17) is 18.0 Å². The van der Waals surface area contributed by atoms with Gasteiger partial charge in [-0.2, -0.15) is 11.8 Å². The molecule has 8 heteroatoms. The van der Waals surface area contributed by atoms with Gasteiger partial charge in [-0.25, -0.2) is 13.1 Å². The van der Waals surface area contributed by atoms with Gasteiger partial charge in [0.15, 0.2) is 0 Å². The molecular weight excluding hydrogens is 290 g/mol. The third kappa shape index (κ3) is 4.20. The summed E-state index contributed by atoms with van der Waals surface area (Å²) in [4.78, 5) is 4.15. The molecule has 0 saturated heterocycles. The van der Waals surface area contributed by atoms with Gasteiger partial charge in [0.2, 0.25) is 10.0 Å². The highest BCUT2D eigenvalue weighted by Crippen LogP contribution is 2.09. The Morgan fingerprint density at radius 2 is 2.28 bits per heavy atom. The standard InChI is InChI=1S/C10H15N3O2S3/c1-7(17-2)5-13-18(14,15)8-3-4-9(10(11)16)12-6-8/h3-4,6-7,13H,5H2,1-2H3,(H2,11,16). The first-order chi connectivity index (χ1) is 8.36. The zero-order chi connectivity index (χ0) is 13.8. The second kappa shape index (κ2) is 6.46. The van der Waals surface area contributed by atoms with Crippen LogP contribution in [0.5, 0.6) is 0 Å². The van der Waals surface area contributed by atoms with Gasteiger partial charge >= 0.3 is 0 Å². The molecule has 0 saturated carbocycles. The van der Waals surface area contributed by atoms with Crippen molar-refractivity contribution in [1.82, 2.24) is 9.71 Å². The molecule has 5 nitrogen and oxygen atoms in total. The Kier molecular flexibility index (Phi) is 5.51. The molecule has 0 aromatic carbocycles. The first-order valence-electron chi connectivity index (χ1n) is 5.15. The summed E-state index contributed by atoms with van der Waals surface area (Å²) < 4.78 is 26.3. The van der Waals surface area contributed by atoms with Gasteiger partial charge in [0.1, 0.15) is 9.88 Å². The highest BCUT2D eigenvalue weighted by atomic mass is 32.2. The second-order valence-electron chi connectivity index (χ2n) is 3.64. The van der Waals surface area contributed by atoms with Crippen LogP contribution in [0.15, 0.2) is 23.2 Å². The van der Waals surface area contributed by atoms with Gasteiger partial charge in [-0.1, -0.05) is 19.1 Å². The number of sulfonamides is 1. The highest BCUT2D eigenvalue weighted by Gasteiger charge is 2.15. The normalized spacial score (nSPS) is 13.2. The molecule has 1 unspecified atom stereocenters.